The van der Waals surface area contributed by atoms with E-state index in [9.17, 15) is 9.36 Å². The Morgan fingerprint density at radius 3 is 2.19 bits per heavy atom. The highest BCUT2D eigenvalue weighted by Crippen LogP contribution is 2.33. The van der Waals surface area contributed by atoms with E-state index in [4.69, 9.17) is 19.6 Å². The molecule has 3 N–H and O–H groups in total. The van der Waals surface area contributed by atoms with Crippen LogP contribution < -0.4 is 10.0 Å². The Labute approximate surface area is 91.6 Å². The molecule has 0 aromatic heterocycles. The van der Waals surface area contributed by atoms with E-state index in [0.29, 0.717) is 0 Å². The standard InChI is InChI=1S/C9H11O6P/c1-6(9(10)11)15-7-2-4-8(5-3-7)16(12,13)14/h2-6H,1H3,(H,10,11)(H2,12,13,14). The monoisotopic (exact) mass is 246 g/mol. The van der Waals surface area contributed by atoms with Crippen molar-refractivity contribution in [2.45, 2.75) is 13.0 Å². The first-order chi connectivity index (χ1) is 7.30. The zero-order valence-electron chi connectivity index (χ0n) is 8.40. The SMILES string of the molecule is CC(Oc1ccc(P(=O)(O)O)cc1)C(=O)O. The largest absolute Gasteiger partial charge is 0.479 e. The molecule has 0 spiro atoms. The summed E-state index contributed by atoms with van der Waals surface area (Å²) in [4.78, 5) is 28.1. The summed E-state index contributed by atoms with van der Waals surface area (Å²) >= 11 is 0. The van der Waals surface area contributed by atoms with Gasteiger partial charge in [0.2, 0.25) is 0 Å². The minimum atomic E-state index is -4.26. The van der Waals surface area contributed by atoms with Gasteiger partial charge in [-0.1, -0.05) is 0 Å². The van der Waals surface area contributed by atoms with Crippen molar-refractivity contribution in [2.75, 3.05) is 0 Å². The van der Waals surface area contributed by atoms with Gasteiger partial charge in [0.25, 0.3) is 0 Å². The Kier molecular flexibility index (Phi) is 3.70. The summed E-state index contributed by atoms with van der Waals surface area (Å²) < 4.78 is 15.8. The van der Waals surface area contributed by atoms with Crippen LogP contribution >= 0.6 is 7.60 Å². The topological polar surface area (TPSA) is 104 Å². The number of carbonyl (C=O) groups is 1. The number of carboxylic acid groups (broad SMARTS) is 1. The predicted molar refractivity (Wildman–Crippen MR) is 55.8 cm³/mol. The molecule has 0 saturated carbocycles. The van der Waals surface area contributed by atoms with Crippen LogP contribution in [-0.4, -0.2) is 27.0 Å². The van der Waals surface area contributed by atoms with Crippen LogP contribution in [0.1, 0.15) is 6.92 Å². The molecule has 1 aromatic carbocycles. The molecule has 1 aromatic rings. The van der Waals surface area contributed by atoms with E-state index in [2.05, 4.69) is 0 Å². The van der Waals surface area contributed by atoms with Gasteiger partial charge >= 0.3 is 13.6 Å². The van der Waals surface area contributed by atoms with Crippen LogP contribution in [-0.2, 0) is 9.36 Å². The number of rotatable bonds is 4. The van der Waals surface area contributed by atoms with E-state index in [0.717, 1.165) is 0 Å². The van der Waals surface area contributed by atoms with Gasteiger partial charge in [0.05, 0.1) is 5.30 Å². The lowest BCUT2D eigenvalue weighted by Crippen LogP contribution is -2.23. The highest BCUT2D eigenvalue weighted by Gasteiger charge is 2.17. The molecule has 1 unspecified atom stereocenters. The van der Waals surface area contributed by atoms with E-state index in [1.165, 1.54) is 31.2 Å². The molecule has 0 saturated heterocycles. The Hall–Kier alpha value is -1.36. The van der Waals surface area contributed by atoms with Crippen molar-refractivity contribution in [3.05, 3.63) is 24.3 Å². The second-order valence-electron chi connectivity index (χ2n) is 3.14. The average molecular weight is 246 g/mol. The number of hydrogen-bond donors (Lipinski definition) is 3. The summed E-state index contributed by atoms with van der Waals surface area (Å²) in [5.41, 5.74) is 0. The van der Waals surface area contributed by atoms with Crippen molar-refractivity contribution in [2.24, 2.45) is 0 Å². The molecule has 0 aliphatic rings. The van der Waals surface area contributed by atoms with E-state index in [1.54, 1.807) is 0 Å². The van der Waals surface area contributed by atoms with Crippen molar-refractivity contribution >= 4 is 18.9 Å². The third-order valence-electron chi connectivity index (χ3n) is 1.83. The van der Waals surface area contributed by atoms with Crippen LogP contribution in [0.3, 0.4) is 0 Å². The Balaban J connectivity index is 2.80. The second kappa shape index (κ2) is 4.65. The van der Waals surface area contributed by atoms with Crippen LogP contribution in [0.25, 0.3) is 0 Å². The molecule has 0 amide bonds. The van der Waals surface area contributed by atoms with Crippen LogP contribution in [0, 0.1) is 0 Å². The van der Waals surface area contributed by atoms with Gasteiger partial charge in [-0.2, -0.15) is 0 Å². The first-order valence-electron chi connectivity index (χ1n) is 4.36. The zero-order chi connectivity index (χ0) is 12.3. The minimum Gasteiger partial charge on any atom is -0.479 e. The number of hydrogen-bond acceptors (Lipinski definition) is 3. The highest BCUT2D eigenvalue weighted by molar-refractivity contribution is 7.60. The van der Waals surface area contributed by atoms with E-state index < -0.39 is 19.7 Å². The van der Waals surface area contributed by atoms with Crippen LogP contribution in [0.2, 0.25) is 0 Å². The van der Waals surface area contributed by atoms with Crippen molar-refractivity contribution in [3.8, 4) is 5.75 Å². The Morgan fingerprint density at radius 1 is 1.31 bits per heavy atom. The highest BCUT2D eigenvalue weighted by atomic mass is 31.2. The number of benzene rings is 1. The van der Waals surface area contributed by atoms with Gasteiger partial charge in [-0.15, -0.1) is 0 Å². The van der Waals surface area contributed by atoms with Crippen molar-refractivity contribution in [3.63, 3.8) is 0 Å². The third kappa shape index (κ3) is 3.34. The molecule has 0 bridgehead atoms. The minimum absolute atomic E-state index is 0.136. The smallest absolute Gasteiger partial charge is 0.356 e. The van der Waals surface area contributed by atoms with Gasteiger partial charge in [0, 0.05) is 0 Å². The van der Waals surface area contributed by atoms with E-state index in [1.807, 2.05) is 0 Å². The lowest BCUT2D eigenvalue weighted by molar-refractivity contribution is -0.144. The summed E-state index contributed by atoms with van der Waals surface area (Å²) in [6.07, 6.45) is -1.01. The molecule has 0 heterocycles. The maximum absolute atomic E-state index is 10.8. The van der Waals surface area contributed by atoms with Gasteiger partial charge < -0.3 is 19.6 Å². The molecular weight excluding hydrogens is 235 g/mol. The van der Waals surface area contributed by atoms with E-state index >= 15 is 0 Å². The second-order valence-corrected chi connectivity index (χ2v) is 4.74. The van der Waals surface area contributed by atoms with Crippen LogP contribution in [0.5, 0.6) is 5.75 Å². The van der Waals surface area contributed by atoms with Crippen LogP contribution in [0.15, 0.2) is 24.3 Å². The van der Waals surface area contributed by atoms with Gasteiger partial charge in [-0.3, -0.25) is 4.57 Å². The molecule has 1 atom stereocenters. The number of aliphatic carboxylic acids is 1. The summed E-state index contributed by atoms with van der Waals surface area (Å²) in [5.74, 6) is -0.869. The first kappa shape index (κ1) is 12.7. The van der Waals surface area contributed by atoms with Crippen molar-refractivity contribution in [1.29, 1.82) is 0 Å². The molecule has 16 heavy (non-hydrogen) atoms. The van der Waals surface area contributed by atoms with E-state index in [-0.39, 0.29) is 11.1 Å². The fourth-order valence-corrected chi connectivity index (χ4v) is 1.51. The van der Waals surface area contributed by atoms with Gasteiger partial charge in [0.1, 0.15) is 5.75 Å². The number of ether oxygens (including phenoxy) is 1. The fraction of sp³-hybridized carbons (Fsp3) is 0.222. The zero-order valence-corrected chi connectivity index (χ0v) is 9.29. The van der Waals surface area contributed by atoms with Gasteiger partial charge in [-0.05, 0) is 31.2 Å². The molecule has 0 radical (unpaired) electrons. The molecule has 0 aliphatic heterocycles. The molecular formula is C9H11O6P. The molecule has 6 nitrogen and oxygen atoms in total. The first-order valence-corrected chi connectivity index (χ1v) is 5.97. The van der Waals surface area contributed by atoms with Gasteiger partial charge in [-0.25, -0.2) is 4.79 Å². The summed E-state index contributed by atoms with van der Waals surface area (Å²) in [6, 6.07) is 5.02. The Bertz CT molecular complexity index is 420. The summed E-state index contributed by atoms with van der Waals surface area (Å²) in [5, 5.41) is 8.44. The lowest BCUT2D eigenvalue weighted by Gasteiger charge is -2.10. The van der Waals surface area contributed by atoms with Crippen molar-refractivity contribution in [1.82, 2.24) is 0 Å². The maximum Gasteiger partial charge on any atom is 0.356 e. The normalized spacial score (nSPS) is 13.2. The summed E-state index contributed by atoms with van der Waals surface area (Å²) in [7, 11) is -4.26. The maximum atomic E-state index is 10.8. The Morgan fingerprint density at radius 2 is 1.81 bits per heavy atom. The molecule has 1 rings (SSSR count). The molecule has 0 fully saturated rings. The average Bonchev–Trinajstić information content (AvgIpc) is 2.17. The number of carboxylic acids is 1. The fourth-order valence-electron chi connectivity index (χ4n) is 0.973. The predicted octanol–water partition coefficient (Wildman–Crippen LogP) is 0.341. The van der Waals surface area contributed by atoms with Crippen molar-refractivity contribution < 1.29 is 29.0 Å². The molecule has 0 aliphatic carbocycles. The molecule has 88 valence electrons. The van der Waals surface area contributed by atoms with Crippen LogP contribution in [0.4, 0.5) is 0 Å². The quantitative estimate of drug-likeness (QED) is 0.662. The molecule has 7 heteroatoms. The summed E-state index contributed by atoms with van der Waals surface area (Å²) in [6.45, 7) is 1.36. The van der Waals surface area contributed by atoms with Gasteiger partial charge in [0.15, 0.2) is 6.10 Å². The lowest BCUT2D eigenvalue weighted by atomic mass is 10.3. The third-order valence-corrected chi connectivity index (χ3v) is 2.80.